The van der Waals surface area contributed by atoms with E-state index in [1.165, 1.54) is 16.4 Å². The molecule has 0 saturated heterocycles. The van der Waals surface area contributed by atoms with Crippen LogP contribution >= 0.6 is 11.5 Å². The molecule has 0 radical (unpaired) electrons. The second-order valence-corrected chi connectivity index (χ2v) is 5.62. The van der Waals surface area contributed by atoms with Gasteiger partial charge in [0.25, 0.3) is 0 Å². The van der Waals surface area contributed by atoms with Crippen molar-refractivity contribution in [2.24, 2.45) is 0 Å². The summed E-state index contributed by atoms with van der Waals surface area (Å²) in [7, 11) is 4.18. The van der Waals surface area contributed by atoms with Gasteiger partial charge in [0.15, 0.2) is 0 Å². The Morgan fingerprint density at radius 2 is 2.00 bits per heavy atom. The highest BCUT2D eigenvalue weighted by molar-refractivity contribution is 7.05. The Bertz CT molecular complexity index is 309. The van der Waals surface area contributed by atoms with E-state index in [4.69, 9.17) is 0 Å². The Morgan fingerprint density at radius 1 is 1.31 bits per heavy atom. The first-order valence-electron chi connectivity index (χ1n) is 5.70. The first-order valence-corrected chi connectivity index (χ1v) is 6.47. The molecule has 5 heteroatoms. The Hall–Kier alpha value is -0.520. The summed E-state index contributed by atoms with van der Waals surface area (Å²) in [6.07, 6.45) is 0. The molecule has 4 nitrogen and oxygen atoms in total. The quantitative estimate of drug-likeness (QED) is 0.824. The summed E-state index contributed by atoms with van der Waals surface area (Å²) < 4.78 is 4.02. The van der Waals surface area contributed by atoms with Crippen LogP contribution in [0.4, 0.5) is 0 Å². The predicted molar refractivity (Wildman–Crippen MR) is 68.9 cm³/mol. The lowest BCUT2D eigenvalue weighted by atomic mass is 10.1. The Balaban J connectivity index is 2.45. The molecule has 1 aromatic heterocycles. The van der Waals surface area contributed by atoms with Crippen LogP contribution in [0.15, 0.2) is 0 Å². The van der Waals surface area contributed by atoms with E-state index in [9.17, 15) is 0 Å². The molecule has 16 heavy (non-hydrogen) atoms. The lowest BCUT2D eigenvalue weighted by molar-refractivity contribution is 0.349. The number of aromatic nitrogens is 2. The third kappa shape index (κ3) is 4.15. The second-order valence-electron chi connectivity index (χ2n) is 4.78. The maximum absolute atomic E-state index is 4.17. The molecular formula is C11H22N4S. The average Bonchev–Trinajstić information content (AvgIpc) is 2.61. The van der Waals surface area contributed by atoms with E-state index in [0.717, 1.165) is 18.8 Å². The van der Waals surface area contributed by atoms with Crippen LogP contribution in [0.1, 0.15) is 37.3 Å². The summed E-state index contributed by atoms with van der Waals surface area (Å²) in [6.45, 7) is 8.43. The molecule has 0 saturated carbocycles. The fourth-order valence-electron chi connectivity index (χ4n) is 1.66. The first-order chi connectivity index (χ1) is 7.50. The number of hydrogen-bond donors (Lipinski definition) is 1. The van der Waals surface area contributed by atoms with Crippen molar-refractivity contribution < 1.29 is 0 Å². The number of rotatable bonds is 6. The molecule has 0 aliphatic rings. The van der Waals surface area contributed by atoms with Gasteiger partial charge in [-0.05, 0) is 38.5 Å². The molecule has 0 aliphatic carbocycles. The zero-order valence-corrected chi connectivity index (χ0v) is 11.6. The third-order valence-electron chi connectivity index (χ3n) is 2.38. The number of likely N-dealkylation sites (N-methyl/N-ethyl adjacent to an activating group) is 1. The van der Waals surface area contributed by atoms with Crippen LogP contribution < -0.4 is 5.32 Å². The van der Waals surface area contributed by atoms with Crippen molar-refractivity contribution >= 4 is 11.5 Å². The van der Waals surface area contributed by atoms with E-state index in [2.05, 4.69) is 54.7 Å². The van der Waals surface area contributed by atoms with Crippen molar-refractivity contribution in [1.82, 2.24) is 19.8 Å². The number of nitrogens with one attached hydrogen (secondary N) is 1. The normalized spacial score (nSPS) is 13.7. The molecule has 0 aliphatic heterocycles. The van der Waals surface area contributed by atoms with Crippen LogP contribution in [-0.2, 0) is 6.54 Å². The fraction of sp³-hybridized carbons (Fsp3) is 0.818. The van der Waals surface area contributed by atoms with Gasteiger partial charge in [0.2, 0.25) is 0 Å². The predicted octanol–water partition coefficient (Wildman–Crippen LogP) is 1.70. The summed E-state index contributed by atoms with van der Waals surface area (Å²) >= 11 is 1.50. The molecule has 0 fully saturated rings. The van der Waals surface area contributed by atoms with Crippen molar-refractivity contribution in [3.05, 3.63) is 10.6 Å². The monoisotopic (exact) mass is 242 g/mol. The molecule has 1 N–H and O–H groups in total. The molecule has 1 aromatic rings. The largest absolute Gasteiger partial charge is 0.308 e. The standard InChI is InChI=1S/C11H22N4S/c1-8(2)11-10(16-14-13-11)6-12-9(3)7-15(4)5/h8-9,12H,6-7H2,1-5H3. The van der Waals surface area contributed by atoms with Gasteiger partial charge in [-0.15, -0.1) is 5.10 Å². The van der Waals surface area contributed by atoms with E-state index in [0.29, 0.717) is 12.0 Å². The lowest BCUT2D eigenvalue weighted by Gasteiger charge is -2.18. The molecule has 0 spiro atoms. The van der Waals surface area contributed by atoms with Crippen LogP contribution in [-0.4, -0.2) is 41.2 Å². The molecule has 92 valence electrons. The van der Waals surface area contributed by atoms with Gasteiger partial charge in [-0.2, -0.15) is 0 Å². The Kier molecular flexibility index (Phi) is 5.31. The lowest BCUT2D eigenvalue weighted by Crippen LogP contribution is -2.35. The minimum absolute atomic E-state index is 0.458. The van der Waals surface area contributed by atoms with Crippen LogP contribution in [0.3, 0.4) is 0 Å². The maximum Gasteiger partial charge on any atom is 0.0826 e. The maximum atomic E-state index is 4.17. The van der Waals surface area contributed by atoms with Crippen molar-refractivity contribution in [2.75, 3.05) is 20.6 Å². The van der Waals surface area contributed by atoms with Gasteiger partial charge in [-0.1, -0.05) is 18.3 Å². The van der Waals surface area contributed by atoms with Crippen LogP contribution in [0.2, 0.25) is 0 Å². The highest BCUT2D eigenvalue weighted by atomic mass is 32.1. The molecule has 1 unspecified atom stereocenters. The molecule has 0 bridgehead atoms. The van der Waals surface area contributed by atoms with Gasteiger partial charge in [0, 0.05) is 19.1 Å². The Labute approximate surface area is 102 Å². The molecule has 1 rings (SSSR count). The SMILES string of the molecule is CC(CN(C)C)NCc1snnc1C(C)C. The van der Waals surface area contributed by atoms with Gasteiger partial charge in [-0.25, -0.2) is 0 Å². The molecule has 1 atom stereocenters. The number of nitrogens with zero attached hydrogens (tertiary/aromatic N) is 3. The van der Waals surface area contributed by atoms with Gasteiger partial charge >= 0.3 is 0 Å². The van der Waals surface area contributed by atoms with Crippen LogP contribution in [0, 0.1) is 0 Å². The fourth-order valence-corrected chi connectivity index (χ4v) is 2.40. The summed E-state index contributed by atoms with van der Waals surface area (Å²) in [6, 6.07) is 0.483. The zero-order chi connectivity index (χ0) is 12.1. The van der Waals surface area contributed by atoms with Crippen molar-refractivity contribution in [3.8, 4) is 0 Å². The van der Waals surface area contributed by atoms with Gasteiger partial charge in [0.1, 0.15) is 0 Å². The average molecular weight is 242 g/mol. The smallest absolute Gasteiger partial charge is 0.0826 e. The first kappa shape index (κ1) is 13.5. The van der Waals surface area contributed by atoms with E-state index in [1.807, 2.05) is 0 Å². The highest BCUT2D eigenvalue weighted by Gasteiger charge is 2.12. The van der Waals surface area contributed by atoms with Crippen molar-refractivity contribution in [3.63, 3.8) is 0 Å². The molecular weight excluding hydrogens is 220 g/mol. The van der Waals surface area contributed by atoms with E-state index in [1.54, 1.807) is 0 Å². The molecule has 0 amide bonds. The summed E-state index contributed by atoms with van der Waals surface area (Å²) in [4.78, 5) is 3.45. The van der Waals surface area contributed by atoms with Gasteiger partial charge in [0.05, 0.1) is 10.6 Å². The number of hydrogen-bond acceptors (Lipinski definition) is 5. The third-order valence-corrected chi connectivity index (χ3v) is 3.12. The van der Waals surface area contributed by atoms with E-state index >= 15 is 0 Å². The van der Waals surface area contributed by atoms with Crippen molar-refractivity contribution in [2.45, 2.75) is 39.3 Å². The summed E-state index contributed by atoms with van der Waals surface area (Å²) in [5, 5.41) is 7.67. The Morgan fingerprint density at radius 3 is 2.56 bits per heavy atom. The minimum Gasteiger partial charge on any atom is -0.308 e. The molecule has 1 heterocycles. The van der Waals surface area contributed by atoms with Gasteiger partial charge in [-0.3, -0.25) is 0 Å². The van der Waals surface area contributed by atoms with E-state index < -0.39 is 0 Å². The van der Waals surface area contributed by atoms with Gasteiger partial charge < -0.3 is 10.2 Å². The minimum atomic E-state index is 0.458. The second kappa shape index (κ2) is 6.27. The summed E-state index contributed by atoms with van der Waals surface area (Å²) in [5.41, 5.74) is 1.13. The zero-order valence-electron chi connectivity index (χ0n) is 10.8. The highest BCUT2D eigenvalue weighted by Crippen LogP contribution is 2.19. The molecule has 0 aromatic carbocycles. The topological polar surface area (TPSA) is 41.0 Å². The van der Waals surface area contributed by atoms with E-state index in [-0.39, 0.29) is 0 Å². The summed E-state index contributed by atoms with van der Waals surface area (Å²) in [5.74, 6) is 0.458. The van der Waals surface area contributed by atoms with Crippen LogP contribution in [0.5, 0.6) is 0 Å². The van der Waals surface area contributed by atoms with Crippen LogP contribution in [0.25, 0.3) is 0 Å². The van der Waals surface area contributed by atoms with Crippen molar-refractivity contribution in [1.29, 1.82) is 0 Å².